The third kappa shape index (κ3) is 18.7. The van der Waals surface area contributed by atoms with E-state index < -0.39 is 15.6 Å². The lowest BCUT2D eigenvalue weighted by Gasteiger charge is -2.28. The highest BCUT2D eigenvalue weighted by Gasteiger charge is 2.34. The molecule has 0 aromatic heterocycles. The zero-order valence-corrected chi connectivity index (χ0v) is 18.7. The summed E-state index contributed by atoms with van der Waals surface area (Å²) in [5.74, 6) is 0. The van der Waals surface area contributed by atoms with Crippen molar-refractivity contribution >= 4 is 15.6 Å². The minimum atomic E-state index is -1.86. The first-order chi connectivity index (χ1) is 10.2. The van der Waals surface area contributed by atoms with Crippen LogP contribution >= 0.6 is 7.26 Å². The normalized spacial score (nSPS) is 12.0. The fraction of sp³-hybridized carbons (Fsp3) is 1.00. The number of hydrogen-bond donors (Lipinski definition) is 0. The molecule has 0 aromatic rings. The Morgan fingerprint density at radius 2 is 0.773 bits per heavy atom. The van der Waals surface area contributed by atoms with Gasteiger partial charge in [-0.2, -0.15) is 0 Å². The van der Waals surface area contributed by atoms with Gasteiger partial charge in [-0.15, -0.1) is 0 Å². The second kappa shape index (κ2) is 15.2. The third-order valence-corrected chi connectivity index (χ3v) is 9.00. The average molecular weight is 349 g/mol. The SMILES string of the molecule is CCCC[P+](CCCC)(CCCC)CCCC.C[Si](C)(C)[O-]. The maximum Gasteiger partial charge on any atom is 0.0594 e. The van der Waals surface area contributed by atoms with E-state index in [0.717, 1.165) is 0 Å². The summed E-state index contributed by atoms with van der Waals surface area (Å²) in [6, 6.07) is 0. The second-order valence-corrected chi connectivity index (χ2v) is 16.5. The Bertz CT molecular complexity index is 182. The van der Waals surface area contributed by atoms with E-state index in [1.165, 1.54) is 51.4 Å². The molecule has 0 fully saturated rings. The smallest absolute Gasteiger partial charge is 0.0594 e. The van der Waals surface area contributed by atoms with Gasteiger partial charge in [-0.05, 0) is 25.7 Å². The molecule has 1 nitrogen and oxygen atoms in total. The van der Waals surface area contributed by atoms with E-state index in [2.05, 4.69) is 27.7 Å². The molecule has 0 amide bonds. The predicted molar refractivity (Wildman–Crippen MR) is 109 cm³/mol. The summed E-state index contributed by atoms with van der Waals surface area (Å²) in [6.45, 7) is 14.7. The van der Waals surface area contributed by atoms with Crippen molar-refractivity contribution in [3.8, 4) is 0 Å². The maximum absolute atomic E-state index is 10.2. The standard InChI is InChI=1S/C16H36P.C3H9OSi/c1-5-9-13-17(14-10-6-2,15-11-7-3)16-12-8-4;1-5(2,3)4/h5-16H2,1-4H3;1-3H3/q+1;-1. The zero-order valence-electron chi connectivity index (χ0n) is 16.8. The summed E-state index contributed by atoms with van der Waals surface area (Å²) in [5.41, 5.74) is 0. The van der Waals surface area contributed by atoms with Crippen molar-refractivity contribution in [2.75, 3.05) is 24.6 Å². The van der Waals surface area contributed by atoms with Crippen LogP contribution in [0.4, 0.5) is 0 Å². The van der Waals surface area contributed by atoms with E-state index in [9.17, 15) is 4.80 Å². The van der Waals surface area contributed by atoms with E-state index in [4.69, 9.17) is 0 Å². The van der Waals surface area contributed by atoms with Crippen LogP contribution in [0.2, 0.25) is 19.6 Å². The number of rotatable bonds is 12. The van der Waals surface area contributed by atoms with Gasteiger partial charge in [0.05, 0.1) is 24.6 Å². The monoisotopic (exact) mass is 348 g/mol. The van der Waals surface area contributed by atoms with Gasteiger partial charge in [0.25, 0.3) is 0 Å². The molecule has 0 aliphatic carbocycles. The molecule has 0 rings (SSSR count). The Morgan fingerprint density at radius 1 is 0.591 bits per heavy atom. The van der Waals surface area contributed by atoms with E-state index in [1.807, 2.05) is 0 Å². The molecule has 0 N–H and O–H groups in total. The Hall–Kier alpha value is 0.607. The summed E-state index contributed by atoms with van der Waals surface area (Å²) in [5, 5.41) is 0. The van der Waals surface area contributed by atoms with E-state index >= 15 is 0 Å². The number of hydrogen-bond acceptors (Lipinski definition) is 1. The van der Waals surface area contributed by atoms with Gasteiger partial charge in [-0.3, -0.25) is 0 Å². The molecule has 0 spiro atoms. The second-order valence-electron chi connectivity index (χ2n) is 7.76. The molecule has 0 bridgehead atoms. The van der Waals surface area contributed by atoms with Crippen molar-refractivity contribution in [3.63, 3.8) is 0 Å². The molecule has 0 radical (unpaired) electrons. The quantitative estimate of drug-likeness (QED) is 0.296. The van der Waals surface area contributed by atoms with Gasteiger partial charge < -0.3 is 4.80 Å². The molecule has 0 aliphatic rings. The lowest BCUT2D eigenvalue weighted by atomic mass is 10.4. The first-order valence-corrected chi connectivity index (χ1v) is 15.7. The van der Waals surface area contributed by atoms with Gasteiger partial charge in [-0.25, -0.2) is 0 Å². The first kappa shape index (κ1) is 24.9. The molecule has 0 atom stereocenters. The number of unbranched alkanes of at least 4 members (excludes halogenated alkanes) is 4. The Kier molecular flexibility index (Phi) is 17.1. The van der Waals surface area contributed by atoms with Gasteiger partial charge in [0.2, 0.25) is 0 Å². The van der Waals surface area contributed by atoms with Crippen molar-refractivity contribution in [3.05, 3.63) is 0 Å². The predicted octanol–water partition coefficient (Wildman–Crippen LogP) is 6.39. The Balaban J connectivity index is 0. The minimum absolute atomic E-state index is 0.562. The topological polar surface area (TPSA) is 23.1 Å². The van der Waals surface area contributed by atoms with E-state index in [1.54, 1.807) is 44.3 Å². The molecular weight excluding hydrogens is 303 g/mol. The van der Waals surface area contributed by atoms with Crippen molar-refractivity contribution in [2.45, 2.75) is 98.7 Å². The highest BCUT2D eigenvalue weighted by molar-refractivity contribution is 7.75. The van der Waals surface area contributed by atoms with Crippen LogP contribution < -0.4 is 4.80 Å². The van der Waals surface area contributed by atoms with Crippen LogP contribution in [0.1, 0.15) is 79.1 Å². The molecule has 0 saturated heterocycles. The summed E-state index contributed by atoms with van der Waals surface area (Å²) in [4.78, 5) is 10.2. The minimum Gasteiger partial charge on any atom is -0.859 e. The molecule has 0 aromatic carbocycles. The Labute approximate surface area is 144 Å². The first-order valence-electron chi connectivity index (χ1n) is 9.80. The highest BCUT2D eigenvalue weighted by Crippen LogP contribution is 2.61. The molecule has 22 heavy (non-hydrogen) atoms. The molecule has 3 heteroatoms. The summed E-state index contributed by atoms with van der Waals surface area (Å²) < 4.78 is 0. The fourth-order valence-corrected chi connectivity index (χ4v) is 7.93. The average Bonchev–Trinajstić information content (AvgIpc) is 2.44. The van der Waals surface area contributed by atoms with Crippen LogP contribution in [0, 0.1) is 0 Å². The molecular formula is C19H45OPSi. The van der Waals surface area contributed by atoms with Crippen LogP contribution in [0.25, 0.3) is 0 Å². The fourth-order valence-electron chi connectivity index (χ4n) is 2.64. The van der Waals surface area contributed by atoms with Gasteiger partial charge in [0.1, 0.15) is 0 Å². The van der Waals surface area contributed by atoms with Gasteiger partial charge >= 0.3 is 0 Å². The van der Waals surface area contributed by atoms with Crippen molar-refractivity contribution in [1.29, 1.82) is 0 Å². The summed E-state index contributed by atoms with van der Waals surface area (Å²) in [6.07, 6.45) is 17.9. The highest BCUT2D eigenvalue weighted by atomic mass is 31.2. The third-order valence-electron chi connectivity index (χ3n) is 3.94. The lowest BCUT2D eigenvalue weighted by molar-refractivity contribution is -0.203. The summed E-state index contributed by atoms with van der Waals surface area (Å²) >= 11 is 0. The molecule has 0 saturated carbocycles. The lowest BCUT2D eigenvalue weighted by Crippen LogP contribution is -2.38. The zero-order chi connectivity index (χ0) is 17.5. The van der Waals surface area contributed by atoms with Gasteiger partial charge in [0.15, 0.2) is 0 Å². The van der Waals surface area contributed by atoms with Crippen LogP contribution in [0.5, 0.6) is 0 Å². The van der Waals surface area contributed by atoms with E-state index in [-0.39, 0.29) is 0 Å². The van der Waals surface area contributed by atoms with Crippen molar-refractivity contribution in [2.24, 2.45) is 0 Å². The molecule has 136 valence electrons. The van der Waals surface area contributed by atoms with Gasteiger partial charge in [0, 0.05) is 7.26 Å². The molecule has 0 unspecified atom stereocenters. The van der Waals surface area contributed by atoms with Crippen molar-refractivity contribution < 1.29 is 4.80 Å². The van der Waals surface area contributed by atoms with Crippen LogP contribution in [-0.4, -0.2) is 33.0 Å². The maximum atomic E-state index is 10.2. The van der Waals surface area contributed by atoms with Crippen LogP contribution in [0.3, 0.4) is 0 Å². The summed E-state index contributed by atoms with van der Waals surface area (Å²) in [7, 11) is -2.42. The largest absolute Gasteiger partial charge is 0.859 e. The van der Waals surface area contributed by atoms with Crippen LogP contribution in [0.15, 0.2) is 0 Å². The molecule has 0 aliphatic heterocycles. The van der Waals surface area contributed by atoms with E-state index in [0.29, 0.717) is 0 Å². The van der Waals surface area contributed by atoms with Gasteiger partial charge in [-0.1, -0.05) is 81.3 Å². The van der Waals surface area contributed by atoms with Crippen molar-refractivity contribution in [1.82, 2.24) is 0 Å². The molecule has 0 heterocycles. The Morgan fingerprint density at radius 3 is 0.909 bits per heavy atom. The van der Waals surface area contributed by atoms with Crippen LogP contribution in [-0.2, 0) is 0 Å².